The number of nitrogens with one attached hydrogen (secondary N) is 1. The van der Waals surface area contributed by atoms with E-state index in [1.54, 1.807) is 0 Å². The Labute approximate surface area is 183 Å². The lowest BCUT2D eigenvalue weighted by atomic mass is 10.1. The lowest BCUT2D eigenvalue weighted by Crippen LogP contribution is -2.43. The largest absolute Gasteiger partial charge is 0.468 e. The van der Waals surface area contributed by atoms with Gasteiger partial charge in [0.1, 0.15) is 12.1 Å². The van der Waals surface area contributed by atoms with Gasteiger partial charge in [-0.05, 0) is 6.42 Å². The Kier molecular flexibility index (Phi) is 18.4. The van der Waals surface area contributed by atoms with E-state index in [1.807, 2.05) is 0 Å². The molecule has 0 spiro atoms. The van der Waals surface area contributed by atoms with Crippen molar-refractivity contribution in [2.24, 2.45) is 5.73 Å². The molecule has 0 heterocycles. The molecule has 170 valence electrons. The van der Waals surface area contributed by atoms with Crippen molar-refractivity contribution in [3.05, 3.63) is 0 Å². The number of carbonyl (C=O) groups is 3. The van der Waals surface area contributed by atoms with Crippen LogP contribution in [-0.4, -0.2) is 55.7 Å². The number of methoxy groups -OCH3 is 2. The minimum atomic E-state index is -0.713. The van der Waals surface area contributed by atoms with E-state index < -0.39 is 24.0 Å². The molecule has 0 rings (SSSR count). The smallest absolute Gasteiger partial charge is 0.329 e. The number of hydrogen-bond acceptors (Lipinski definition) is 8. The van der Waals surface area contributed by atoms with Gasteiger partial charge in [0.05, 0.1) is 14.2 Å². The van der Waals surface area contributed by atoms with Gasteiger partial charge in [-0.1, -0.05) is 79.9 Å². The first-order valence-electron chi connectivity index (χ1n) is 10.4. The van der Waals surface area contributed by atoms with E-state index in [1.165, 1.54) is 74.3 Å². The van der Waals surface area contributed by atoms with Crippen LogP contribution in [0.15, 0.2) is 0 Å². The minimum absolute atomic E-state index is 0.139. The van der Waals surface area contributed by atoms with Crippen LogP contribution >= 0.6 is 21.6 Å². The van der Waals surface area contributed by atoms with Gasteiger partial charge in [-0.3, -0.25) is 9.59 Å². The monoisotopic (exact) mass is 450 g/mol. The molecule has 0 aliphatic carbocycles. The number of rotatable bonds is 18. The number of nitrogens with two attached hydrogens (primary N) is 1. The topological polar surface area (TPSA) is 108 Å². The lowest BCUT2D eigenvalue weighted by molar-refractivity contribution is -0.144. The zero-order valence-electron chi connectivity index (χ0n) is 18.1. The highest BCUT2D eigenvalue weighted by atomic mass is 33.1. The Bertz CT molecular complexity index is 466. The summed E-state index contributed by atoms with van der Waals surface area (Å²) in [6.07, 6.45) is 11.1. The molecule has 3 N–H and O–H groups in total. The van der Waals surface area contributed by atoms with Gasteiger partial charge in [-0.25, -0.2) is 4.79 Å². The van der Waals surface area contributed by atoms with Crippen LogP contribution in [0.5, 0.6) is 0 Å². The van der Waals surface area contributed by atoms with Crippen LogP contribution in [0.4, 0.5) is 0 Å². The normalized spacial score (nSPS) is 12.8. The number of unbranched alkanes of at least 4 members (excludes halogenated alkanes) is 8. The van der Waals surface area contributed by atoms with E-state index in [9.17, 15) is 14.4 Å². The molecule has 1 amide bonds. The van der Waals surface area contributed by atoms with Crippen molar-refractivity contribution in [1.29, 1.82) is 0 Å². The molecule has 0 fully saturated rings. The molecule has 29 heavy (non-hydrogen) atoms. The molecule has 0 aliphatic rings. The summed E-state index contributed by atoms with van der Waals surface area (Å²) in [5, 5.41) is 2.74. The van der Waals surface area contributed by atoms with Crippen LogP contribution in [-0.2, 0) is 23.9 Å². The van der Waals surface area contributed by atoms with Gasteiger partial charge in [0, 0.05) is 17.9 Å². The summed E-state index contributed by atoms with van der Waals surface area (Å²) in [5.74, 6) is -0.389. The van der Waals surface area contributed by atoms with E-state index in [0.717, 1.165) is 19.3 Å². The van der Waals surface area contributed by atoms with Crippen molar-refractivity contribution in [2.45, 2.75) is 83.2 Å². The maximum atomic E-state index is 12.1. The third kappa shape index (κ3) is 15.6. The van der Waals surface area contributed by atoms with E-state index >= 15 is 0 Å². The Morgan fingerprint density at radius 1 is 0.828 bits per heavy atom. The molecule has 0 radical (unpaired) electrons. The predicted octanol–water partition coefficient (Wildman–Crippen LogP) is 3.45. The van der Waals surface area contributed by atoms with Crippen LogP contribution in [0.2, 0.25) is 0 Å². The second kappa shape index (κ2) is 19.1. The standard InChI is InChI=1S/C20H38N2O5S2/c1-4-5-6-7-8-9-10-11-12-13-18(23)22-17(20(25)27-3)15-29-28-14-16(21)19(24)26-2/h16-17H,4-15,21H2,1-3H3,(H,22,23)/t16-,17-/m0/s1. The number of ether oxygens (including phenoxy) is 2. The molecule has 0 saturated heterocycles. The number of amides is 1. The second-order valence-electron chi connectivity index (χ2n) is 6.92. The summed E-state index contributed by atoms with van der Waals surface area (Å²) in [5.41, 5.74) is 5.66. The maximum Gasteiger partial charge on any atom is 0.329 e. The lowest BCUT2D eigenvalue weighted by Gasteiger charge is -2.16. The van der Waals surface area contributed by atoms with Gasteiger partial charge in [-0.2, -0.15) is 0 Å². The Morgan fingerprint density at radius 3 is 1.90 bits per heavy atom. The van der Waals surface area contributed by atoms with Crippen molar-refractivity contribution in [3.63, 3.8) is 0 Å². The summed E-state index contributed by atoms with van der Waals surface area (Å²) in [6.45, 7) is 2.22. The molecule has 0 aromatic heterocycles. The van der Waals surface area contributed by atoms with Gasteiger partial charge in [0.15, 0.2) is 0 Å². The molecular formula is C20H38N2O5S2. The molecule has 0 aromatic rings. The molecule has 2 atom stereocenters. The van der Waals surface area contributed by atoms with E-state index in [-0.39, 0.29) is 5.91 Å². The third-order valence-corrected chi connectivity index (χ3v) is 6.85. The summed E-state index contributed by atoms with van der Waals surface area (Å²) in [4.78, 5) is 35.3. The second-order valence-corrected chi connectivity index (χ2v) is 9.47. The zero-order chi connectivity index (χ0) is 21.9. The van der Waals surface area contributed by atoms with Crippen LogP contribution < -0.4 is 11.1 Å². The van der Waals surface area contributed by atoms with Gasteiger partial charge in [0.2, 0.25) is 5.91 Å². The molecule has 7 nitrogen and oxygen atoms in total. The highest BCUT2D eigenvalue weighted by molar-refractivity contribution is 8.76. The average Bonchev–Trinajstić information content (AvgIpc) is 2.73. The summed E-state index contributed by atoms with van der Waals surface area (Å²) < 4.78 is 9.33. The van der Waals surface area contributed by atoms with Crippen molar-refractivity contribution in [3.8, 4) is 0 Å². The SMILES string of the molecule is CCCCCCCCCCCC(=O)N[C@@H](CSSC[C@H](N)C(=O)OC)C(=O)OC. The summed E-state index contributed by atoms with van der Waals surface area (Å²) in [6, 6.07) is -1.42. The maximum absolute atomic E-state index is 12.1. The number of carbonyl (C=O) groups excluding carboxylic acids is 3. The fourth-order valence-electron chi connectivity index (χ4n) is 2.63. The molecular weight excluding hydrogens is 412 g/mol. The Balaban J connectivity index is 3.98. The van der Waals surface area contributed by atoms with Crippen LogP contribution in [0, 0.1) is 0 Å². The van der Waals surface area contributed by atoms with Crippen molar-refractivity contribution >= 4 is 39.4 Å². The highest BCUT2D eigenvalue weighted by Crippen LogP contribution is 2.23. The Morgan fingerprint density at radius 2 is 1.34 bits per heavy atom. The Hall–Kier alpha value is -0.930. The molecule has 0 saturated carbocycles. The van der Waals surface area contributed by atoms with E-state index in [4.69, 9.17) is 10.5 Å². The van der Waals surface area contributed by atoms with Crippen LogP contribution in [0.1, 0.15) is 71.1 Å². The zero-order valence-corrected chi connectivity index (χ0v) is 19.7. The van der Waals surface area contributed by atoms with Crippen LogP contribution in [0.3, 0.4) is 0 Å². The average molecular weight is 451 g/mol. The fraction of sp³-hybridized carbons (Fsp3) is 0.850. The predicted molar refractivity (Wildman–Crippen MR) is 121 cm³/mol. The number of esters is 2. The molecule has 9 heteroatoms. The fourth-order valence-corrected chi connectivity index (χ4v) is 4.89. The molecule has 0 unspecified atom stereocenters. The van der Waals surface area contributed by atoms with Gasteiger partial charge < -0.3 is 20.5 Å². The minimum Gasteiger partial charge on any atom is -0.468 e. The van der Waals surface area contributed by atoms with E-state index in [2.05, 4.69) is 17.0 Å². The molecule has 0 aliphatic heterocycles. The van der Waals surface area contributed by atoms with E-state index in [0.29, 0.717) is 17.9 Å². The highest BCUT2D eigenvalue weighted by Gasteiger charge is 2.22. The van der Waals surface area contributed by atoms with Crippen molar-refractivity contribution < 1.29 is 23.9 Å². The molecule has 0 aromatic carbocycles. The first-order valence-corrected chi connectivity index (χ1v) is 12.9. The first-order chi connectivity index (χ1) is 14.0. The van der Waals surface area contributed by atoms with Crippen molar-refractivity contribution in [1.82, 2.24) is 5.32 Å². The van der Waals surface area contributed by atoms with Crippen molar-refractivity contribution in [2.75, 3.05) is 25.7 Å². The van der Waals surface area contributed by atoms with Gasteiger partial charge in [-0.15, -0.1) is 0 Å². The first kappa shape index (κ1) is 28.1. The molecule has 0 bridgehead atoms. The van der Waals surface area contributed by atoms with Gasteiger partial charge in [0.25, 0.3) is 0 Å². The van der Waals surface area contributed by atoms with Crippen LogP contribution in [0.25, 0.3) is 0 Å². The van der Waals surface area contributed by atoms with Gasteiger partial charge >= 0.3 is 11.9 Å². The quantitative estimate of drug-likeness (QED) is 0.186. The summed E-state index contributed by atoms with van der Waals surface area (Å²) in [7, 11) is 5.30. The third-order valence-electron chi connectivity index (χ3n) is 4.40. The number of hydrogen-bond donors (Lipinski definition) is 2. The summed E-state index contributed by atoms with van der Waals surface area (Å²) >= 11 is 0.